The number of nitrogens with zero attached hydrogens (tertiary/aromatic N) is 8. The van der Waals surface area contributed by atoms with Crippen LogP contribution >= 0.6 is 0 Å². The summed E-state index contributed by atoms with van der Waals surface area (Å²) in [7, 11) is 1.92. The summed E-state index contributed by atoms with van der Waals surface area (Å²) in [5.41, 5.74) is 7.95. The minimum atomic E-state index is 0.0664. The molecule has 5 heterocycles. The first-order valence-corrected chi connectivity index (χ1v) is 11.1. The number of carbonyl (C=O) groups is 1. The van der Waals surface area contributed by atoms with Crippen LogP contribution in [0.5, 0.6) is 0 Å². The van der Waals surface area contributed by atoms with Gasteiger partial charge in [0.2, 0.25) is 5.91 Å². The van der Waals surface area contributed by atoms with Gasteiger partial charge in [-0.2, -0.15) is 10.2 Å². The third-order valence-electron chi connectivity index (χ3n) is 6.37. The first-order chi connectivity index (χ1) is 15.3. The fraction of sp³-hybridized carbons (Fsp3) is 0.478. The fourth-order valence-electron chi connectivity index (χ4n) is 4.52. The average molecular weight is 433 g/mol. The quantitative estimate of drug-likeness (QED) is 0.589. The molecule has 4 bridgehead atoms. The summed E-state index contributed by atoms with van der Waals surface area (Å²) < 4.78 is 3.77. The number of hydrogen-bond donors (Lipinski definition) is 0. The molecule has 32 heavy (non-hydrogen) atoms. The molecule has 5 rings (SSSR count). The Balaban J connectivity index is 1.70. The molecule has 0 N–H and O–H groups in total. The van der Waals surface area contributed by atoms with Crippen LogP contribution in [0.3, 0.4) is 0 Å². The Morgan fingerprint density at radius 1 is 1.12 bits per heavy atom. The van der Waals surface area contributed by atoms with Gasteiger partial charge in [0, 0.05) is 49.1 Å². The van der Waals surface area contributed by atoms with Crippen LogP contribution in [0, 0.1) is 13.8 Å². The van der Waals surface area contributed by atoms with Crippen LogP contribution in [0.1, 0.15) is 60.7 Å². The van der Waals surface area contributed by atoms with Gasteiger partial charge in [-0.1, -0.05) is 0 Å². The van der Waals surface area contributed by atoms with E-state index in [1.54, 1.807) is 6.20 Å². The van der Waals surface area contributed by atoms with Crippen LogP contribution in [-0.4, -0.2) is 52.1 Å². The van der Waals surface area contributed by atoms with Crippen molar-refractivity contribution in [2.45, 2.75) is 66.2 Å². The summed E-state index contributed by atoms with van der Waals surface area (Å²) in [5.74, 6) is 0.124. The highest BCUT2D eigenvalue weighted by Crippen LogP contribution is 2.30. The summed E-state index contributed by atoms with van der Waals surface area (Å²) >= 11 is 0. The first kappa shape index (κ1) is 20.5. The Kier molecular flexibility index (Phi) is 4.91. The Hall–Kier alpha value is -3.36. The third kappa shape index (κ3) is 3.32. The van der Waals surface area contributed by atoms with E-state index in [0.717, 1.165) is 57.4 Å². The molecule has 0 fully saturated rings. The van der Waals surface area contributed by atoms with Gasteiger partial charge in [-0.3, -0.25) is 24.1 Å². The lowest BCUT2D eigenvalue weighted by atomic mass is 10.1. The zero-order valence-corrected chi connectivity index (χ0v) is 19.3. The van der Waals surface area contributed by atoms with Crippen LogP contribution in [-0.2, 0) is 31.5 Å². The van der Waals surface area contributed by atoms with Crippen LogP contribution in [0.2, 0.25) is 0 Å². The first-order valence-electron chi connectivity index (χ1n) is 11.1. The van der Waals surface area contributed by atoms with Crippen molar-refractivity contribution in [3.63, 3.8) is 0 Å². The molecule has 0 aromatic carbocycles. The maximum Gasteiger partial charge on any atom is 0.223 e. The monoisotopic (exact) mass is 432 g/mol. The van der Waals surface area contributed by atoms with E-state index in [-0.39, 0.29) is 11.9 Å². The summed E-state index contributed by atoms with van der Waals surface area (Å²) in [6.07, 6.45) is 5.01. The molecule has 1 amide bonds. The molecule has 3 aromatic heterocycles. The van der Waals surface area contributed by atoms with Gasteiger partial charge in [0.1, 0.15) is 5.69 Å². The van der Waals surface area contributed by atoms with Crippen molar-refractivity contribution in [1.82, 2.24) is 34.4 Å². The van der Waals surface area contributed by atoms with Gasteiger partial charge < -0.3 is 4.90 Å². The van der Waals surface area contributed by atoms with Gasteiger partial charge in [-0.15, -0.1) is 0 Å². The molecule has 166 valence electrons. The predicted molar refractivity (Wildman–Crippen MR) is 120 cm³/mol. The van der Waals surface area contributed by atoms with E-state index in [1.807, 2.05) is 55.2 Å². The average Bonchev–Trinajstić information content (AvgIpc) is 3.40. The number of aliphatic imine (C=N–C) groups is 1. The van der Waals surface area contributed by atoms with Crippen molar-refractivity contribution < 1.29 is 4.79 Å². The van der Waals surface area contributed by atoms with Gasteiger partial charge in [0.05, 0.1) is 47.8 Å². The second-order valence-corrected chi connectivity index (χ2v) is 8.86. The van der Waals surface area contributed by atoms with Crippen LogP contribution < -0.4 is 0 Å². The van der Waals surface area contributed by atoms with E-state index in [2.05, 4.69) is 5.10 Å². The molecule has 0 aliphatic carbocycles. The Morgan fingerprint density at radius 2 is 1.94 bits per heavy atom. The van der Waals surface area contributed by atoms with E-state index in [1.165, 1.54) is 0 Å². The van der Waals surface area contributed by atoms with E-state index in [9.17, 15) is 4.79 Å². The van der Waals surface area contributed by atoms with Gasteiger partial charge in [-0.05, 0) is 34.1 Å². The number of amides is 1. The second kappa shape index (κ2) is 7.65. The molecule has 2 aliphatic heterocycles. The van der Waals surface area contributed by atoms with E-state index in [0.29, 0.717) is 26.1 Å². The number of carbonyl (C=O) groups excluding carboxylic acids is 1. The summed E-state index contributed by atoms with van der Waals surface area (Å²) in [6.45, 7) is 9.75. The lowest BCUT2D eigenvalue weighted by molar-refractivity contribution is -0.133. The van der Waals surface area contributed by atoms with E-state index in [4.69, 9.17) is 20.1 Å². The SMILES string of the molecule is Cc1nn2cc1C1=NCc3ncc(nc31)-c1c(nn(C)c1C)CN(C(C)C)C(=O)CCC2. The van der Waals surface area contributed by atoms with Gasteiger partial charge in [-0.25, -0.2) is 4.98 Å². The normalized spacial score (nSPS) is 16.1. The topological polar surface area (TPSA) is 94.1 Å². The van der Waals surface area contributed by atoms with Crippen LogP contribution in [0.15, 0.2) is 17.4 Å². The third-order valence-corrected chi connectivity index (χ3v) is 6.37. The minimum absolute atomic E-state index is 0.0664. The standard InChI is InChI=1S/C23H28N8O/c1-13(2)31-12-19-21(15(4)29(5)28-19)17-9-24-18-10-25-22(23(18)26-17)16-11-30(27-14(16)3)8-6-7-20(31)32/h9,11,13H,6-8,10,12H2,1-5H3. The maximum absolute atomic E-state index is 13.1. The van der Waals surface area contributed by atoms with Crippen LogP contribution in [0.25, 0.3) is 11.3 Å². The highest BCUT2D eigenvalue weighted by atomic mass is 16.2. The predicted octanol–water partition coefficient (Wildman–Crippen LogP) is 2.57. The molecular weight excluding hydrogens is 404 g/mol. The lowest BCUT2D eigenvalue weighted by Gasteiger charge is -2.26. The van der Waals surface area contributed by atoms with Crippen molar-refractivity contribution in [3.8, 4) is 11.3 Å². The largest absolute Gasteiger partial charge is 0.334 e. The van der Waals surface area contributed by atoms with Gasteiger partial charge >= 0.3 is 0 Å². The molecule has 3 aromatic rings. The minimum Gasteiger partial charge on any atom is -0.334 e. The highest BCUT2D eigenvalue weighted by Gasteiger charge is 2.28. The number of hydrogen-bond acceptors (Lipinski definition) is 6. The van der Waals surface area contributed by atoms with Crippen LogP contribution in [0.4, 0.5) is 0 Å². The number of aryl methyl sites for hydroxylation is 3. The molecular formula is C23H28N8O. The summed E-state index contributed by atoms with van der Waals surface area (Å²) in [5, 5.41) is 9.42. The Morgan fingerprint density at radius 3 is 2.72 bits per heavy atom. The Bertz CT molecular complexity index is 1250. The molecule has 0 radical (unpaired) electrons. The summed E-state index contributed by atoms with van der Waals surface area (Å²) in [6, 6.07) is 0.0664. The smallest absolute Gasteiger partial charge is 0.223 e. The zero-order chi connectivity index (χ0) is 22.6. The molecule has 0 unspecified atom stereocenters. The van der Waals surface area contributed by atoms with E-state index >= 15 is 0 Å². The van der Waals surface area contributed by atoms with Crippen molar-refractivity contribution in [2.75, 3.05) is 0 Å². The number of rotatable bonds is 1. The van der Waals surface area contributed by atoms with E-state index < -0.39 is 0 Å². The molecule has 9 nitrogen and oxygen atoms in total. The Labute approximate surface area is 187 Å². The molecule has 2 aliphatic rings. The van der Waals surface area contributed by atoms with Crippen molar-refractivity contribution in [1.29, 1.82) is 0 Å². The number of fused-ring (bicyclic) bond motifs is 6. The fourth-order valence-corrected chi connectivity index (χ4v) is 4.52. The molecule has 0 atom stereocenters. The molecule has 0 saturated heterocycles. The van der Waals surface area contributed by atoms with Crippen molar-refractivity contribution >= 4 is 11.6 Å². The molecule has 0 saturated carbocycles. The zero-order valence-electron chi connectivity index (χ0n) is 19.3. The number of aromatic nitrogens is 6. The molecule has 0 spiro atoms. The van der Waals surface area contributed by atoms with Crippen molar-refractivity contribution in [2.24, 2.45) is 12.0 Å². The highest BCUT2D eigenvalue weighted by molar-refractivity contribution is 6.14. The maximum atomic E-state index is 13.1. The van der Waals surface area contributed by atoms with Crippen molar-refractivity contribution in [3.05, 3.63) is 46.4 Å². The van der Waals surface area contributed by atoms with Gasteiger partial charge in [0.25, 0.3) is 0 Å². The van der Waals surface area contributed by atoms with Gasteiger partial charge in [0.15, 0.2) is 0 Å². The summed E-state index contributed by atoms with van der Waals surface area (Å²) in [4.78, 5) is 29.5. The second-order valence-electron chi connectivity index (χ2n) is 8.86. The molecule has 9 heteroatoms. The lowest BCUT2D eigenvalue weighted by Crippen LogP contribution is -2.36.